The summed E-state index contributed by atoms with van der Waals surface area (Å²) in [5, 5.41) is 1.72. The normalized spacial score (nSPS) is 22.4. The van der Waals surface area contributed by atoms with Crippen LogP contribution in [0.5, 0.6) is 0 Å². The Morgan fingerprint density at radius 1 is 0.825 bits per heavy atom. The Morgan fingerprint density at radius 2 is 1.40 bits per heavy atom. The monoisotopic (exact) mass is 614 g/mol. The fourth-order valence-electron chi connectivity index (χ4n) is 4.13. The lowest BCUT2D eigenvalue weighted by molar-refractivity contribution is -0.140. The molecule has 0 radical (unpaired) electrons. The molecule has 1 atom stereocenters. The molecule has 0 N–H and O–H groups in total. The second kappa shape index (κ2) is 12.8. The molecular weight excluding hydrogens is 581 g/mol. The Morgan fingerprint density at radius 3 is 1.98 bits per heavy atom. The lowest BCUT2D eigenvalue weighted by atomic mass is 10.1. The van der Waals surface area contributed by atoms with E-state index in [-0.39, 0.29) is 18.3 Å². The molecule has 0 saturated carbocycles. The number of aliphatic imine (C=N–C) groups is 2. The second-order valence-corrected chi connectivity index (χ2v) is 15.4. The number of esters is 2. The van der Waals surface area contributed by atoms with E-state index in [4.69, 9.17) is 19.5 Å². The van der Waals surface area contributed by atoms with Gasteiger partial charge in [-0.15, -0.1) is 11.8 Å². The van der Waals surface area contributed by atoms with Crippen LogP contribution in [0.2, 0.25) is 0 Å². The number of benzene rings is 2. The van der Waals surface area contributed by atoms with Crippen molar-refractivity contribution in [3.63, 3.8) is 0 Å². The molecule has 0 aromatic heterocycles. The summed E-state index contributed by atoms with van der Waals surface area (Å²) in [5.41, 5.74) is 0.699. The highest BCUT2D eigenvalue weighted by molar-refractivity contribution is 8.40. The molecule has 0 unspecified atom stereocenters. The Balaban J connectivity index is 1.79. The maximum absolute atomic E-state index is 13.7. The first-order chi connectivity index (χ1) is 19.0. The quantitative estimate of drug-likeness (QED) is 0.156. The highest BCUT2D eigenvalue weighted by Crippen LogP contribution is 2.63. The minimum absolute atomic E-state index is 0.128. The molecule has 2 aliphatic rings. The van der Waals surface area contributed by atoms with Crippen LogP contribution < -0.4 is 0 Å². The van der Waals surface area contributed by atoms with Gasteiger partial charge in [-0.05, 0) is 41.5 Å². The van der Waals surface area contributed by atoms with Crippen LogP contribution in [-0.4, -0.2) is 55.5 Å². The molecule has 0 spiro atoms. The maximum Gasteiger partial charge on any atom is 0.345 e. The van der Waals surface area contributed by atoms with Gasteiger partial charge in [0.1, 0.15) is 18.4 Å². The summed E-state index contributed by atoms with van der Waals surface area (Å²) < 4.78 is 10.1. The number of carbonyl (C=O) groups is 2. The third kappa shape index (κ3) is 6.66. The van der Waals surface area contributed by atoms with E-state index in [0.717, 1.165) is 26.1 Å². The molecule has 4 rings (SSSR count). The van der Waals surface area contributed by atoms with Gasteiger partial charge < -0.3 is 9.47 Å². The number of rotatable bonds is 10. The Bertz CT molecular complexity index is 1340. The third-order valence-electron chi connectivity index (χ3n) is 6.13. The average Bonchev–Trinajstić information content (AvgIpc) is 3.39. The van der Waals surface area contributed by atoms with Crippen molar-refractivity contribution in [3.8, 4) is 0 Å². The van der Waals surface area contributed by atoms with E-state index >= 15 is 0 Å². The second-order valence-electron chi connectivity index (χ2n) is 10.0. The average molecular weight is 615 g/mol. The van der Waals surface area contributed by atoms with Crippen molar-refractivity contribution in [1.82, 2.24) is 0 Å². The van der Waals surface area contributed by atoms with Crippen LogP contribution in [-0.2, 0) is 19.1 Å². The molecule has 6 nitrogen and oxygen atoms in total. The van der Waals surface area contributed by atoms with Gasteiger partial charge in [0.25, 0.3) is 0 Å². The van der Waals surface area contributed by atoms with Gasteiger partial charge in [0.05, 0.1) is 30.0 Å². The maximum atomic E-state index is 13.7. The Hall–Kier alpha value is -2.14. The molecule has 0 amide bonds. The van der Waals surface area contributed by atoms with Crippen LogP contribution in [0.4, 0.5) is 0 Å². The van der Waals surface area contributed by atoms with Crippen LogP contribution in [0.1, 0.15) is 52.7 Å². The number of hydrogen-bond acceptors (Lipinski definition) is 10. The first kappa shape index (κ1) is 30.8. The van der Waals surface area contributed by atoms with Gasteiger partial charge in [-0.2, -0.15) is 0 Å². The smallest absolute Gasteiger partial charge is 0.345 e. The number of nitrogens with zero attached hydrogens (tertiary/aromatic N) is 2. The first-order valence-corrected chi connectivity index (χ1v) is 16.5. The van der Waals surface area contributed by atoms with E-state index in [1.54, 1.807) is 25.6 Å². The van der Waals surface area contributed by atoms with Crippen LogP contribution in [0.25, 0.3) is 0 Å². The summed E-state index contributed by atoms with van der Waals surface area (Å²) in [6, 6.07) is 20.0. The van der Waals surface area contributed by atoms with Crippen molar-refractivity contribution in [1.29, 1.82) is 0 Å². The molecule has 40 heavy (non-hydrogen) atoms. The summed E-state index contributed by atoms with van der Waals surface area (Å²) in [4.78, 5) is 37.7. The first-order valence-electron chi connectivity index (χ1n) is 13.1. The lowest BCUT2D eigenvalue weighted by Gasteiger charge is -2.38. The SMILES string of the molecule is CCOC(=O)CS[C@@]1(S/C(C(=O)OCC)=C2/SC(c3ccccc3)=NC2(C)C)SC(c2ccccc2)=NC1(C)C. The van der Waals surface area contributed by atoms with E-state index in [1.165, 1.54) is 35.3 Å². The van der Waals surface area contributed by atoms with Gasteiger partial charge >= 0.3 is 11.9 Å². The zero-order valence-corrected chi connectivity index (χ0v) is 26.8. The molecule has 0 aliphatic carbocycles. The molecular formula is C30H34N2O4S4. The van der Waals surface area contributed by atoms with E-state index in [1.807, 2.05) is 88.4 Å². The predicted octanol–water partition coefficient (Wildman–Crippen LogP) is 7.39. The Labute approximate surface area is 253 Å². The molecule has 0 saturated heterocycles. The van der Waals surface area contributed by atoms with Crippen molar-refractivity contribution in [2.24, 2.45) is 9.98 Å². The van der Waals surface area contributed by atoms with E-state index in [2.05, 4.69) is 0 Å². The van der Waals surface area contributed by atoms with E-state index in [9.17, 15) is 9.59 Å². The summed E-state index contributed by atoms with van der Waals surface area (Å²) in [5.74, 6) is -0.566. The van der Waals surface area contributed by atoms with Gasteiger partial charge in [-0.25, -0.2) is 4.79 Å². The molecule has 2 heterocycles. The van der Waals surface area contributed by atoms with Crippen molar-refractivity contribution in [3.05, 3.63) is 81.6 Å². The molecule has 0 fully saturated rings. The minimum Gasteiger partial charge on any atom is -0.465 e. The topological polar surface area (TPSA) is 77.3 Å². The minimum atomic E-state index is -0.758. The van der Waals surface area contributed by atoms with E-state index in [0.29, 0.717) is 11.5 Å². The van der Waals surface area contributed by atoms with Crippen molar-refractivity contribution in [2.45, 2.75) is 56.0 Å². The van der Waals surface area contributed by atoms with E-state index < -0.39 is 20.5 Å². The molecule has 2 aromatic carbocycles. The highest BCUT2D eigenvalue weighted by atomic mass is 32.3. The van der Waals surface area contributed by atoms with Crippen LogP contribution in [0, 0.1) is 0 Å². The van der Waals surface area contributed by atoms with Crippen LogP contribution >= 0.6 is 47.0 Å². The van der Waals surface area contributed by atoms with Crippen molar-refractivity contribution >= 4 is 69.1 Å². The third-order valence-corrected chi connectivity index (χ3v) is 13.3. The highest BCUT2D eigenvalue weighted by Gasteiger charge is 2.55. The zero-order chi connectivity index (χ0) is 29.0. The van der Waals surface area contributed by atoms with Crippen LogP contribution in [0.3, 0.4) is 0 Å². The fraction of sp³-hybridized carbons (Fsp3) is 0.400. The molecule has 212 valence electrons. The molecule has 2 aliphatic heterocycles. The van der Waals surface area contributed by atoms with Crippen molar-refractivity contribution in [2.75, 3.05) is 19.0 Å². The standard InChI is InChI=1S/C30H34N2O4S4/c1-7-35-22(33)19-37-30(29(5,6)32-26(40-30)21-17-13-10-14-18-21)39-23(27(34)36-8-2)24-28(3,4)31-25(38-24)20-15-11-9-12-16-20/h9-18H,7-8,19H2,1-6H3/b24-23+/t30-/m0/s1. The largest absolute Gasteiger partial charge is 0.465 e. The number of ether oxygens (including phenoxy) is 2. The molecule has 10 heteroatoms. The molecule has 0 bridgehead atoms. The number of hydrogen-bond donors (Lipinski definition) is 0. The van der Waals surface area contributed by atoms with Gasteiger partial charge in [0.2, 0.25) is 0 Å². The predicted molar refractivity (Wildman–Crippen MR) is 172 cm³/mol. The van der Waals surface area contributed by atoms with Crippen molar-refractivity contribution < 1.29 is 19.1 Å². The summed E-state index contributed by atoms with van der Waals surface area (Å²) in [6.07, 6.45) is 0. The fourth-order valence-corrected chi connectivity index (χ4v) is 10.5. The summed E-state index contributed by atoms with van der Waals surface area (Å²) in [7, 11) is 0. The summed E-state index contributed by atoms with van der Waals surface area (Å²) >= 11 is 5.96. The van der Waals surface area contributed by atoms with Gasteiger partial charge in [-0.1, -0.05) is 95.9 Å². The zero-order valence-electron chi connectivity index (χ0n) is 23.6. The van der Waals surface area contributed by atoms with Gasteiger partial charge in [-0.3, -0.25) is 14.8 Å². The van der Waals surface area contributed by atoms with Gasteiger partial charge in [0.15, 0.2) is 0 Å². The lowest BCUT2D eigenvalue weighted by Crippen LogP contribution is -2.39. The number of thioether (sulfide) groups is 4. The summed E-state index contributed by atoms with van der Waals surface area (Å²) in [6.45, 7) is 12.3. The van der Waals surface area contributed by atoms with Crippen LogP contribution in [0.15, 0.2) is 80.5 Å². The van der Waals surface area contributed by atoms with Gasteiger partial charge in [0, 0.05) is 16.0 Å². The number of carbonyl (C=O) groups excluding carboxylic acids is 2. The Kier molecular flexibility index (Phi) is 9.86. The molecule has 2 aromatic rings.